The molecule has 2 nitrogen and oxygen atoms in total. The van der Waals surface area contributed by atoms with Gasteiger partial charge in [-0.25, -0.2) is 0 Å². The molecule has 0 amide bonds. The van der Waals surface area contributed by atoms with Crippen LogP contribution in [0.1, 0.15) is 31.1 Å². The zero-order valence-corrected chi connectivity index (χ0v) is 21.0. The fourth-order valence-corrected chi connectivity index (χ4v) is 4.75. The van der Waals surface area contributed by atoms with Gasteiger partial charge in [0.05, 0.1) is 0 Å². The molecule has 32 heavy (non-hydrogen) atoms. The van der Waals surface area contributed by atoms with Crippen molar-refractivity contribution in [3.8, 4) is 17.1 Å². The fraction of sp³-hybridized carbons (Fsp3) is 0.143. The highest BCUT2D eigenvalue weighted by atomic mass is 79.9. The molecule has 160 valence electrons. The van der Waals surface area contributed by atoms with Gasteiger partial charge in [0, 0.05) is 37.1 Å². The highest BCUT2D eigenvalue weighted by molar-refractivity contribution is 9.10. The van der Waals surface area contributed by atoms with Crippen LogP contribution in [-0.4, -0.2) is 0 Å². The van der Waals surface area contributed by atoms with E-state index in [1.165, 1.54) is 11.1 Å². The van der Waals surface area contributed by atoms with Gasteiger partial charge in [0.25, 0.3) is 0 Å². The maximum Gasteiger partial charge on any atom is 0.142 e. The van der Waals surface area contributed by atoms with Gasteiger partial charge in [0.1, 0.15) is 23.2 Å². The molecule has 4 aromatic carbocycles. The molecule has 1 aliphatic rings. The van der Waals surface area contributed by atoms with E-state index in [0.29, 0.717) is 0 Å². The van der Waals surface area contributed by atoms with Crippen LogP contribution >= 0.6 is 31.9 Å². The SMILES string of the molecule is Brc1ccc(-c2cc3ccc4c5c(ccc4c3o2)CC(c2ccc(Br)cc2)O5)cc1.CC. The first kappa shape index (κ1) is 21.3. The van der Waals surface area contributed by atoms with Gasteiger partial charge in [0.2, 0.25) is 0 Å². The summed E-state index contributed by atoms with van der Waals surface area (Å²) in [7, 11) is 0. The third-order valence-electron chi connectivity index (χ3n) is 5.75. The van der Waals surface area contributed by atoms with Crippen molar-refractivity contribution in [1.29, 1.82) is 0 Å². The van der Waals surface area contributed by atoms with E-state index in [0.717, 1.165) is 54.2 Å². The van der Waals surface area contributed by atoms with Crippen LogP contribution in [0.4, 0.5) is 0 Å². The molecule has 0 saturated heterocycles. The van der Waals surface area contributed by atoms with Crippen molar-refractivity contribution in [2.45, 2.75) is 26.4 Å². The average Bonchev–Trinajstić information content (AvgIpc) is 3.46. The lowest BCUT2D eigenvalue weighted by Crippen LogP contribution is -2.02. The third kappa shape index (κ3) is 3.76. The molecule has 4 heteroatoms. The maximum absolute atomic E-state index is 6.44. The molecule has 1 aliphatic heterocycles. The first-order chi connectivity index (χ1) is 15.7. The molecule has 1 unspecified atom stereocenters. The van der Waals surface area contributed by atoms with Crippen LogP contribution in [0.2, 0.25) is 0 Å². The second kappa shape index (κ2) is 8.76. The number of ether oxygens (including phenoxy) is 1. The molecule has 0 N–H and O–H groups in total. The van der Waals surface area contributed by atoms with Gasteiger partial charge in [-0.3, -0.25) is 0 Å². The summed E-state index contributed by atoms with van der Waals surface area (Å²) < 4.78 is 14.9. The average molecular weight is 550 g/mol. The van der Waals surface area contributed by atoms with Gasteiger partial charge < -0.3 is 9.15 Å². The van der Waals surface area contributed by atoms with Crippen LogP contribution in [0.25, 0.3) is 33.1 Å². The molecule has 0 fully saturated rings. The topological polar surface area (TPSA) is 22.4 Å². The van der Waals surface area contributed by atoms with Gasteiger partial charge in [-0.15, -0.1) is 0 Å². The van der Waals surface area contributed by atoms with E-state index in [9.17, 15) is 0 Å². The Morgan fingerprint density at radius 2 is 1.41 bits per heavy atom. The van der Waals surface area contributed by atoms with Crippen molar-refractivity contribution in [3.05, 3.63) is 98.9 Å². The number of halogens is 2. The molecular formula is C28H22Br2O2. The Balaban J connectivity index is 0.00000105. The molecular weight excluding hydrogens is 528 g/mol. The summed E-state index contributed by atoms with van der Waals surface area (Å²) in [5.74, 6) is 1.85. The Hall–Kier alpha value is -2.56. The molecule has 2 heterocycles. The zero-order valence-electron chi connectivity index (χ0n) is 17.9. The molecule has 1 aromatic heterocycles. The van der Waals surface area contributed by atoms with Crippen molar-refractivity contribution in [3.63, 3.8) is 0 Å². The van der Waals surface area contributed by atoms with Gasteiger partial charge in [0.15, 0.2) is 0 Å². The normalized spacial score (nSPS) is 14.7. The molecule has 0 bridgehead atoms. The first-order valence-electron chi connectivity index (χ1n) is 10.8. The Kier molecular flexibility index (Phi) is 5.83. The maximum atomic E-state index is 6.44. The van der Waals surface area contributed by atoms with Gasteiger partial charge in [-0.1, -0.05) is 88.2 Å². The molecule has 0 aliphatic carbocycles. The molecule has 0 saturated carbocycles. The van der Waals surface area contributed by atoms with Crippen molar-refractivity contribution in [2.24, 2.45) is 0 Å². The summed E-state index contributed by atoms with van der Waals surface area (Å²) in [4.78, 5) is 0. The lowest BCUT2D eigenvalue weighted by molar-refractivity contribution is 0.241. The lowest BCUT2D eigenvalue weighted by atomic mass is 10.0. The molecule has 0 spiro atoms. The standard InChI is InChI=1S/C26H16Br2O2.C2H6/c27-19-7-1-15(2-8-19)23-13-17-5-11-22-21(25(17)29-23)12-6-18-14-24(30-26(18)22)16-3-9-20(28)10-4-16;1-2/h1-13,24H,14H2;1-2H3. The van der Waals surface area contributed by atoms with Crippen LogP contribution in [0, 0.1) is 0 Å². The minimum Gasteiger partial charge on any atom is -0.484 e. The Labute approximate surface area is 204 Å². The van der Waals surface area contributed by atoms with Crippen LogP contribution in [-0.2, 0) is 6.42 Å². The summed E-state index contributed by atoms with van der Waals surface area (Å²) >= 11 is 7.00. The second-order valence-corrected chi connectivity index (χ2v) is 9.44. The van der Waals surface area contributed by atoms with E-state index in [2.05, 4.69) is 98.6 Å². The smallest absolute Gasteiger partial charge is 0.142 e. The fourth-order valence-electron chi connectivity index (χ4n) is 4.22. The predicted octanol–water partition coefficient (Wildman–Crippen LogP) is 9.48. The summed E-state index contributed by atoms with van der Waals surface area (Å²) in [6.07, 6.45) is 0.928. The number of fused-ring (bicyclic) bond motifs is 5. The lowest BCUT2D eigenvalue weighted by Gasteiger charge is -2.12. The minimum atomic E-state index is 0.0457. The van der Waals surface area contributed by atoms with E-state index in [-0.39, 0.29) is 6.10 Å². The van der Waals surface area contributed by atoms with Crippen molar-refractivity contribution in [1.82, 2.24) is 0 Å². The van der Waals surface area contributed by atoms with E-state index in [1.807, 2.05) is 26.0 Å². The molecule has 5 aromatic rings. The highest BCUT2D eigenvalue weighted by Crippen LogP contribution is 2.44. The quantitative estimate of drug-likeness (QED) is 0.219. The van der Waals surface area contributed by atoms with Gasteiger partial charge in [-0.2, -0.15) is 0 Å². The van der Waals surface area contributed by atoms with Crippen LogP contribution < -0.4 is 4.74 Å². The Morgan fingerprint density at radius 3 is 2.12 bits per heavy atom. The summed E-state index contributed by atoms with van der Waals surface area (Å²) in [5, 5.41) is 3.30. The van der Waals surface area contributed by atoms with Crippen molar-refractivity contribution < 1.29 is 9.15 Å². The minimum absolute atomic E-state index is 0.0457. The second-order valence-electron chi connectivity index (χ2n) is 7.61. The largest absolute Gasteiger partial charge is 0.484 e. The van der Waals surface area contributed by atoms with E-state index in [4.69, 9.17) is 9.15 Å². The van der Waals surface area contributed by atoms with E-state index < -0.39 is 0 Å². The number of benzene rings is 4. The number of furan rings is 1. The van der Waals surface area contributed by atoms with Crippen LogP contribution in [0.5, 0.6) is 5.75 Å². The number of rotatable bonds is 2. The Morgan fingerprint density at radius 1 is 0.750 bits per heavy atom. The number of hydrogen-bond donors (Lipinski definition) is 0. The van der Waals surface area contributed by atoms with Crippen molar-refractivity contribution >= 4 is 53.6 Å². The molecule has 6 rings (SSSR count). The Bertz CT molecular complexity index is 1400. The highest BCUT2D eigenvalue weighted by Gasteiger charge is 2.27. The van der Waals surface area contributed by atoms with E-state index in [1.54, 1.807) is 0 Å². The van der Waals surface area contributed by atoms with Crippen LogP contribution in [0.15, 0.2) is 92.2 Å². The predicted molar refractivity (Wildman–Crippen MR) is 139 cm³/mol. The van der Waals surface area contributed by atoms with E-state index >= 15 is 0 Å². The zero-order chi connectivity index (χ0) is 22.2. The summed E-state index contributed by atoms with van der Waals surface area (Å²) in [5.41, 5.74) is 4.41. The number of hydrogen-bond acceptors (Lipinski definition) is 2. The molecule has 0 radical (unpaired) electrons. The van der Waals surface area contributed by atoms with Crippen molar-refractivity contribution in [2.75, 3.05) is 0 Å². The van der Waals surface area contributed by atoms with Crippen LogP contribution in [0.3, 0.4) is 0 Å². The summed E-state index contributed by atoms with van der Waals surface area (Å²) in [6, 6.07) is 27.3. The first-order valence-corrected chi connectivity index (χ1v) is 12.4. The third-order valence-corrected chi connectivity index (χ3v) is 6.81. The van der Waals surface area contributed by atoms with Gasteiger partial charge >= 0.3 is 0 Å². The van der Waals surface area contributed by atoms with Gasteiger partial charge in [-0.05, 0) is 47.5 Å². The molecule has 1 atom stereocenters. The summed E-state index contributed by atoms with van der Waals surface area (Å²) in [6.45, 7) is 4.00. The monoisotopic (exact) mass is 548 g/mol.